The van der Waals surface area contributed by atoms with Gasteiger partial charge in [0.1, 0.15) is 6.54 Å². The van der Waals surface area contributed by atoms with Crippen molar-refractivity contribution in [3.8, 4) is 0 Å². The fraction of sp³-hybridized carbons (Fsp3) is 0.500. The molecule has 3 rings (SSSR count). The highest BCUT2D eigenvalue weighted by Crippen LogP contribution is 2.03. The van der Waals surface area contributed by atoms with Crippen LogP contribution in [0.25, 0.3) is 0 Å². The standard InChI is InChI=1S/C14H19N5O/c20-13-6-8-18(9-7-13)11-14-15-16-17-19(14)10-12-4-2-1-3-5-12/h1-5,13,20H,6-11H2/p+1. The van der Waals surface area contributed by atoms with E-state index in [4.69, 9.17) is 0 Å². The van der Waals surface area contributed by atoms with E-state index in [2.05, 4.69) is 27.7 Å². The maximum Gasteiger partial charge on any atom is 0.206 e. The molecule has 6 nitrogen and oxygen atoms in total. The summed E-state index contributed by atoms with van der Waals surface area (Å²) in [7, 11) is 0. The molecule has 6 heteroatoms. The Morgan fingerprint density at radius 2 is 1.95 bits per heavy atom. The number of benzene rings is 1. The van der Waals surface area contributed by atoms with E-state index in [0.29, 0.717) is 6.54 Å². The summed E-state index contributed by atoms with van der Waals surface area (Å²) in [5, 5.41) is 21.6. The molecule has 1 aliphatic heterocycles. The van der Waals surface area contributed by atoms with Crippen LogP contribution in [-0.4, -0.2) is 44.5 Å². The van der Waals surface area contributed by atoms with Crippen LogP contribution in [0.15, 0.2) is 30.3 Å². The molecule has 0 spiro atoms. The van der Waals surface area contributed by atoms with Gasteiger partial charge in [0.05, 0.1) is 25.7 Å². The molecule has 2 heterocycles. The van der Waals surface area contributed by atoms with E-state index in [1.54, 1.807) is 0 Å². The highest BCUT2D eigenvalue weighted by atomic mass is 16.3. The number of nitrogens with one attached hydrogen (secondary N) is 1. The number of hydrogen-bond acceptors (Lipinski definition) is 4. The maximum absolute atomic E-state index is 9.54. The zero-order chi connectivity index (χ0) is 13.8. The van der Waals surface area contributed by atoms with Gasteiger partial charge in [0.25, 0.3) is 0 Å². The van der Waals surface area contributed by atoms with Crippen molar-refractivity contribution in [2.45, 2.75) is 32.0 Å². The summed E-state index contributed by atoms with van der Waals surface area (Å²) >= 11 is 0. The predicted octanol–water partition coefficient (Wildman–Crippen LogP) is -0.739. The third-order valence-electron chi connectivity index (χ3n) is 3.85. The molecule has 1 aromatic heterocycles. The Hall–Kier alpha value is -1.79. The highest BCUT2D eigenvalue weighted by molar-refractivity contribution is 5.14. The summed E-state index contributed by atoms with van der Waals surface area (Å²) in [5.41, 5.74) is 1.20. The number of hydrogen-bond donors (Lipinski definition) is 2. The molecule has 0 atom stereocenters. The molecule has 1 fully saturated rings. The van der Waals surface area contributed by atoms with Gasteiger partial charge in [0.15, 0.2) is 0 Å². The average Bonchev–Trinajstić information content (AvgIpc) is 2.90. The average molecular weight is 274 g/mol. The lowest BCUT2D eigenvalue weighted by Crippen LogP contribution is -3.12. The van der Waals surface area contributed by atoms with Crippen LogP contribution in [0.1, 0.15) is 24.2 Å². The van der Waals surface area contributed by atoms with Crippen LogP contribution >= 0.6 is 0 Å². The zero-order valence-corrected chi connectivity index (χ0v) is 11.4. The number of aliphatic hydroxyl groups is 1. The minimum atomic E-state index is -0.126. The van der Waals surface area contributed by atoms with Gasteiger partial charge in [-0.25, -0.2) is 4.68 Å². The van der Waals surface area contributed by atoms with Crippen molar-refractivity contribution < 1.29 is 10.0 Å². The Morgan fingerprint density at radius 1 is 1.20 bits per heavy atom. The summed E-state index contributed by atoms with van der Waals surface area (Å²) in [5.74, 6) is 0.917. The normalized spacial score (nSPS) is 22.9. The molecule has 0 bridgehead atoms. The lowest BCUT2D eigenvalue weighted by molar-refractivity contribution is -0.920. The van der Waals surface area contributed by atoms with Gasteiger partial charge in [-0.15, -0.1) is 5.10 Å². The molecule has 0 unspecified atom stereocenters. The molecule has 106 valence electrons. The predicted molar refractivity (Wildman–Crippen MR) is 73.0 cm³/mol. The number of quaternary nitrogens is 1. The van der Waals surface area contributed by atoms with Gasteiger partial charge in [-0.2, -0.15) is 0 Å². The van der Waals surface area contributed by atoms with Crippen LogP contribution < -0.4 is 4.90 Å². The Balaban J connectivity index is 1.65. The van der Waals surface area contributed by atoms with Gasteiger partial charge in [-0.3, -0.25) is 0 Å². The molecular weight excluding hydrogens is 254 g/mol. The Labute approximate surface area is 118 Å². The van der Waals surface area contributed by atoms with E-state index >= 15 is 0 Å². The van der Waals surface area contributed by atoms with Crippen LogP contribution in [0.5, 0.6) is 0 Å². The quantitative estimate of drug-likeness (QED) is 0.771. The smallest absolute Gasteiger partial charge is 0.206 e. The Bertz CT molecular complexity index is 534. The van der Waals surface area contributed by atoms with Crippen LogP contribution in [-0.2, 0) is 13.1 Å². The minimum Gasteiger partial charge on any atom is -0.393 e. The number of likely N-dealkylation sites (tertiary alicyclic amines) is 1. The topological polar surface area (TPSA) is 68.3 Å². The molecule has 2 N–H and O–H groups in total. The van der Waals surface area contributed by atoms with Crippen molar-refractivity contribution in [2.24, 2.45) is 0 Å². The monoisotopic (exact) mass is 274 g/mol. The fourth-order valence-electron chi connectivity index (χ4n) is 2.64. The molecular formula is C14H20N5O+. The molecule has 1 aliphatic rings. The number of tetrazole rings is 1. The second-order valence-corrected chi connectivity index (χ2v) is 5.40. The third kappa shape index (κ3) is 3.20. The van der Waals surface area contributed by atoms with E-state index in [-0.39, 0.29) is 6.10 Å². The molecule has 20 heavy (non-hydrogen) atoms. The number of nitrogens with zero attached hydrogens (tertiary/aromatic N) is 4. The fourth-order valence-corrected chi connectivity index (χ4v) is 2.64. The van der Waals surface area contributed by atoms with E-state index in [0.717, 1.165) is 38.3 Å². The Morgan fingerprint density at radius 3 is 2.70 bits per heavy atom. The van der Waals surface area contributed by atoms with Crippen LogP contribution in [0.2, 0.25) is 0 Å². The van der Waals surface area contributed by atoms with Crippen molar-refractivity contribution in [3.05, 3.63) is 41.7 Å². The van der Waals surface area contributed by atoms with Gasteiger partial charge in [-0.05, 0) is 16.0 Å². The van der Waals surface area contributed by atoms with Crippen LogP contribution in [0.3, 0.4) is 0 Å². The highest BCUT2D eigenvalue weighted by Gasteiger charge is 2.22. The second-order valence-electron chi connectivity index (χ2n) is 5.40. The number of rotatable bonds is 4. The maximum atomic E-state index is 9.54. The molecule has 1 saturated heterocycles. The van der Waals surface area contributed by atoms with Gasteiger partial charge < -0.3 is 10.0 Å². The van der Waals surface area contributed by atoms with E-state index < -0.39 is 0 Å². The third-order valence-corrected chi connectivity index (χ3v) is 3.85. The van der Waals surface area contributed by atoms with Crippen molar-refractivity contribution >= 4 is 0 Å². The first kappa shape index (κ1) is 13.2. The zero-order valence-electron chi connectivity index (χ0n) is 11.4. The molecule has 0 amide bonds. The van der Waals surface area contributed by atoms with Crippen molar-refractivity contribution in [3.63, 3.8) is 0 Å². The van der Waals surface area contributed by atoms with Gasteiger partial charge in [0.2, 0.25) is 5.82 Å². The summed E-state index contributed by atoms with van der Waals surface area (Å²) in [4.78, 5) is 1.44. The summed E-state index contributed by atoms with van der Waals surface area (Å²) < 4.78 is 1.87. The summed E-state index contributed by atoms with van der Waals surface area (Å²) in [6.07, 6.45) is 1.62. The van der Waals surface area contributed by atoms with Crippen molar-refractivity contribution in [1.29, 1.82) is 0 Å². The number of piperidine rings is 1. The second kappa shape index (κ2) is 6.11. The van der Waals surface area contributed by atoms with E-state index in [1.807, 2.05) is 22.9 Å². The lowest BCUT2D eigenvalue weighted by atomic mass is 10.1. The largest absolute Gasteiger partial charge is 0.393 e. The molecule has 0 radical (unpaired) electrons. The van der Waals surface area contributed by atoms with Gasteiger partial charge in [-0.1, -0.05) is 30.3 Å². The van der Waals surface area contributed by atoms with E-state index in [1.165, 1.54) is 10.5 Å². The Kier molecular flexibility index (Phi) is 4.03. The summed E-state index contributed by atoms with van der Waals surface area (Å²) in [6, 6.07) is 10.2. The first-order valence-corrected chi connectivity index (χ1v) is 7.12. The number of aromatic nitrogens is 4. The van der Waals surface area contributed by atoms with Crippen LogP contribution in [0.4, 0.5) is 0 Å². The summed E-state index contributed by atoms with van der Waals surface area (Å²) in [6.45, 7) is 3.50. The molecule has 0 saturated carbocycles. The minimum absolute atomic E-state index is 0.126. The van der Waals surface area contributed by atoms with Crippen LogP contribution in [0, 0.1) is 0 Å². The van der Waals surface area contributed by atoms with Gasteiger partial charge >= 0.3 is 0 Å². The molecule has 0 aliphatic carbocycles. The SMILES string of the molecule is OC1CC[NH+](Cc2nnnn2Cc2ccccc2)CC1. The molecule has 1 aromatic carbocycles. The van der Waals surface area contributed by atoms with E-state index in [9.17, 15) is 5.11 Å². The lowest BCUT2D eigenvalue weighted by Gasteiger charge is -2.26. The number of aliphatic hydroxyl groups excluding tert-OH is 1. The first-order valence-electron chi connectivity index (χ1n) is 7.12. The first-order chi connectivity index (χ1) is 9.81. The van der Waals surface area contributed by atoms with Crippen molar-refractivity contribution in [2.75, 3.05) is 13.1 Å². The van der Waals surface area contributed by atoms with Crippen molar-refractivity contribution in [1.82, 2.24) is 20.2 Å². The molecule has 2 aromatic rings. The van der Waals surface area contributed by atoms with Gasteiger partial charge in [0, 0.05) is 12.8 Å².